The van der Waals surface area contributed by atoms with E-state index in [1.165, 1.54) is 6.07 Å². The molecule has 1 amide bonds. The summed E-state index contributed by atoms with van der Waals surface area (Å²) in [7, 11) is 1.97. The summed E-state index contributed by atoms with van der Waals surface area (Å²) < 4.78 is 66.7. The molecule has 1 saturated heterocycles. The number of nitrogens with zero attached hydrogens (tertiary/aromatic N) is 2. The number of fused-ring (bicyclic) bond motifs is 2. The first-order chi connectivity index (χ1) is 17.6. The van der Waals surface area contributed by atoms with Gasteiger partial charge in [-0.15, -0.1) is 0 Å². The fourth-order valence-electron chi connectivity index (χ4n) is 4.44. The lowest BCUT2D eigenvalue weighted by molar-refractivity contribution is -0.220. The maximum absolute atomic E-state index is 15.1. The second-order valence-electron chi connectivity index (χ2n) is 8.85. The van der Waals surface area contributed by atoms with Crippen LogP contribution in [0.25, 0.3) is 11.0 Å². The maximum Gasteiger partial charge on any atom is 0.491 e. The molecule has 0 saturated carbocycles. The number of nitrogens with one attached hydrogen (secondary N) is 2. The number of piperidine rings is 1. The second kappa shape index (κ2) is 9.54. The predicted octanol–water partition coefficient (Wildman–Crippen LogP) is 3.47. The van der Waals surface area contributed by atoms with Gasteiger partial charge < -0.3 is 24.5 Å². The maximum atomic E-state index is 15.1. The third-order valence-electron chi connectivity index (χ3n) is 6.33. The number of ether oxygens (including phenoxy) is 3. The van der Waals surface area contributed by atoms with Crippen LogP contribution in [0.5, 0.6) is 11.5 Å². The second-order valence-corrected chi connectivity index (χ2v) is 8.85. The van der Waals surface area contributed by atoms with E-state index in [0.717, 1.165) is 22.9 Å². The Morgan fingerprint density at radius 1 is 1.22 bits per heavy atom. The number of alkyl halides is 3. The Kier molecular flexibility index (Phi) is 6.40. The summed E-state index contributed by atoms with van der Waals surface area (Å²) >= 11 is 0. The molecule has 3 atom stereocenters. The number of halogens is 4. The molecule has 1 fully saturated rings. The highest BCUT2D eigenvalue weighted by Gasteiger charge is 2.43. The number of likely N-dealkylation sites (tertiary alicyclic amines) is 1. The standard InChI is InChI=1S/C24H22F4N4O5/c1-32-9-8-12(10-16(32)21-30-14-4-2-3-5-15(14)31-21)29-22(33)13-6-7-17-20(19(13)25)35-11-18(36-17)37-23(34)24(26,27)28/h2-7,12,16,18H,8-11H2,1H3,(H,29,33)(H,30,31)/t12-,16-,18?/m1/s1. The van der Waals surface area contributed by atoms with Gasteiger partial charge in [-0.2, -0.15) is 13.2 Å². The van der Waals surface area contributed by atoms with Crippen molar-refractivity contribution < 1.29 is 41.4 Å². The Balaban J connectivity index is 1.26. The Morgan fingerprint density at radius 3 is 2.76 bits per heavy atom. The van der Waals surface area contributed by atoms with Crippen molar-refractivity contribution in [2.24, 2.45) is 0 Å². The molecule has 0 radical (unpaired) electrons. The molecule has 13 heteroatoms. The van der Waals surface area contributed by atoms with Crippen LogP contribution in [0.3, 0.4) is 0 Å². The summed E-state index contributed by atoms with van der Waals surface area (Å²) in [4.78, 5) is 34.0. The number of benzene rings is 2. The highest BCUT2D eigenvalue weighted by molar-refractivity contribution is 5.95. The highest BCUT2D eigenvalue weighted by Crippen LogP contribution is 2.37. The molecular formula is C24H22F4N4O5. The number of carbonyl (C=O) groups excluding carboxylic acids is 2. The van der Waals surface area contributed by atoms with Gasteiger partial charge in [-0.25, -0.2) is 14.2 Å². The van der Waals surface area contributed by atoms with Crippen molar-refractivity contribution in [3.63, 3.8) is 0 Å². The molecule has 0 aliphatic carbocycles. The molecule has 2 aromatic carbocycles. The number of imidazole rings is 1. The van der Waals surface area contributed by atoms with Gasteiger partial charge in [-0.3, -0.25) is 9.69 Å². The normalized spacial score (nSPS) is 22.0. The number of hydrogen-bond donors (Lipinski definition) is 2. The fraction of sp³-hybridized carbons (Fsp3) is 0.375. The van der Waals surface area contributed by atoms with Crippen molar-refractivity contribution in [2.45, 2.75) is 37.4 Å². The van der Waals surface area contributed by atoms with Gasteiger partial charge in [0.15, 0.2) is 23.9 Å². The molecule has 0 bridgehead atoms. The molecule has 2 N–H and O–H groups in total. The first kappa shape index (κ1) is 24.8. The summed E-state index contributed by atoms with van der Waals surface area (Å²) in [5.74, 6) is -4.13. The van der Waals surface area contributed by atoms with E-state index >= 15 is 4.39 Å². The summed E-state index contributed by atoms with van der Waals surface area (Å²) in [6, 6.07) is 9.60. The Morgan fingerprint density at radius 2 is 2.00 bits per heavy atom. The number of esters is 1. The number of aromatic amines is 1. The number of aromatic nitrogens is 2. The number of carbonyl (C=O) groups is 2. The first-order valence-corrected chi connectivity index (χ1v) is 11.5. The van der Waals surface area contributed by atoms with Gasteiger partial charge in [-0.1, -0.05) is 12.1 Å². The predicted molar refractivity (Wildman–Crippen MR) is 120 cm³/mol. The molecular weight excluding hydrogens is 500 g/mol. The molecule has 37 heavy (non-hydrogen) atoms. The quantitative estimate of drug-likeness (QED) is 0.399. The van der Waals surface area contributed by atoms with E-state index < -0.39 is 42.5 Å². The van der Waals surface area contributed by atoms with Crippen molar-refractivity contribution in [2.75, 3.05) is 20.2 Å². The van der Waals surface area contributed by atoms with E-state index in [0.29, 0.717) is 19.4 Å². The minimum atomic E-state index is -5.21. The number of amides is 1. The van der Waals surface area contributed by atoms with E-state index in [1.807, 2.05) is 31.3 Å². The molecule has 1 unspecified atom stereocenters. The summed E-state index contributed by atoms with van der Waals surface area (Å²) in [5, 5.41) is 2.85. The van der Waals surface area contributed by atoms with Gasteiger partial charge >= 0.3 is 12.1 Å². The van der Waals surface area contributed by atoms with Crippen molar-refractivity contribution in [1.82, 2.24) is 20.2 Å². The van der Waals surface area contributed by atoms with Crippen LogP contribution in [0.4, 0.5) is 17.6 Å². The minimum Gasteiger partial charge on any atom is -0.479 e. The average Bonchev–Trinajstić information content (AvgIpc) is 3.29. The van der Waals surface area contributed by atoms with E-state index in [1.54, 1.807) is 0 Å². The summed E-state index contributed by atoms with van der Waals surface area (Å²) in [5.41, 5.74) is 1.43. The lowest BCUT2D eigenvalue weighted by Crippen LogP contribution is -2.45. The first-order valence-electron chi connectivity index (χ1n) is 11.5. The summed E-state index contributed by atoms with van der Waals surface area (Å²) in [6.45, 7) is -0.000728. The molecule has 9 nitrogen and oxygen atoms in total. The van der Waals surface area contributed by atoms with E-state index in [9.17, 15) is 22.8 Å². The minimum absolute atomic E-state index is 0.0899. The molecule has 2 aliphatic rings. The van der Waals surface area contributed by atoms with Crippen molar-refractivity contribution >= 4 is 22.9 Å². The number of para-hydroxylation sites is 2. The lowest BCUT2D eigenvalue weighted by atomic mass is 9.96. The van der Waals surface area contributed by atoms with Crippen LogP contribution in [0.2, 0.25) is 0 Å². The van der Waals surface area contributed by atoms with Gasteiger partial charge in [0.1, 0.15) is 5.82 Å². The molecule has 0 spiro atoms. The third kappa shape index (κ3) is 5.03. The van der Waals surface area contributed by atoms with Crippen LogP contribution < -0.4 is 14.8 Å². The van der Waals surface area contributed by atoms with Crippen molar-refractivity contribution in [3.05, 3.63) is 53.6 Å². The Bertz CT molecular complexity index is 1310. The number of hydrogen-bond acceptors (Lipinski definition) is 7. The SMILES string of the molecule is CN1CC[C@@H](NC(=O)c2ccc3c(c2F)OCC(OC(=O)C(F)(F)F)O3)C[C@@H]1c1nc2ccccc2[nH]1. The van der Waals surface area contributed by atoms with Crippen LogP contribution in [0.1, 0.15) is 35.1 Å². The van der Waals surface area contributed by atoms with E-state index in [-0.39, 0.29) is 23.4 Å². The number of H-pyrrole nitrogens is 1. The zero-order valence-corrected chi connectivity index (χ0v) is 19.5. The molecule has 3 aromatic rings. The zero-order valence-electron chi connectivity index (χ0n) is 19.5. The molecule has 1 aromatic heterocycles. The monoisotopic (exact) mass is 522 g/mol. The van der Waals surface area contributed by atoms with Gasteiger partial charge in [0.2, 0.25) is 0 Å². The van der Waals surface area contributed by atoms with Gasteiger partial charge in [0.25, 0.3) is 12.2 Å². The molecule has 196 valence electrons. The van der Waals surface area contributed by atoms with Crippen molar-refractivity contribution in [3.8, 4) is 11.5 Å². The Hall–Kier alpha value is -3.87. The molecule has 2 aliphatic heterocycles. The zero-order chi connectivity index (χ0) is 26.3. The smallest absolute Gasteiger partial charge is 0.479 e. The number of rotatable bonds is 4. The summed E-state index contributed by atoms with van der Waals surface area (Å²) in [6.07, 6.45) is -5.75. The average molecular weight is 522 g/mol. The largest absolute Gasteiger partial charge is 0.491 e. The van der Waals surface area contributed by atoms with Crippen LogP contribution in [-0.2, 0) is 9.53 Å². The van der Waals surface area contributed by atoms with Crippen LogP contribution in [0, 0.1) is 5.82 Å². The van der Waals surface area contributed by atoms with Gasteiger partial charge in [-0.05, 0) is 44.2 Å². The van der Waals surface area contributed by atoms with Crippen LogP contribution in [0.15, 0.2) is 36.4 Å². The molecule has 5 rings (SSSR count). The van der Waals surface area contributed by atoms with Gasteiger partial charge in [0.05, 0.1) is 22.6 Å². The molecule has 3 heterocycles. The van der Waals surface area contributed by atoms with E-state index in [4.69, 9.17) is 9.47 Å². The van der Waals surface area contributed by atoms with Crippen molar-refractivity contribution in [1.29, 1.82) is 0 Å². The van der Waals surface area contributed by atoms with E-state index in [2.05, 4.69) is 24.9 Å². The Labute approximate surface area is 207 Å². The van der Waals surface area contributed by atoms with Crippen LogP contribution >= 0.6 is 0 Å². The fourth-order valence-corrected chi connectivity index (χ4v) is 4.44. The lowest BCUT2D eigenvalue weighted by Gasteiger charge is -2.36. The topological polar surface area (TPSA) is 106 Å². The van der Waals surface area contributed by atoms with Gasteiger partial charge in [0, 0.05) is 12.6 Å². The third-order valence-corrected chi connectivity index (χ3v) is 6.33. The van der Waals surface area contributed by atoms with Crippen LogP contribution in [-0.4, -0.2) is 65.5 Å². The highest BCUT2D eigenvalue weighted by atomic mass is 19.4.